The molecule has 0 saturated carbocycles. The molecule has 0 saturated heterocycles. The van der Waals surface area contributed by atoms with Gasteiger partial charge in [0.1, 0.15) is 0 Å². The first-order chi connectivity index (χ1) is 14.0. The number of nitrogens with zero attached hydrogens (tertiary/aromatic N) is 1. The predicted octanol–water partition coefficient (Wildman–Crippen LogP) is 5.65. The van der Waals surface area contributed by atoms with Crippen LogP contribution in [-0.4, -0.2) is 11.0 Å². The van der Waals surface area contributed by atoms with Gasteiger partial charge in [-0.1, -0.05) is 60.7 Å². The molecule has 2 N–H and O–H groups in total. The number of nitro groups is 1. The van der Waals surface area contributed by atoms with E-state index in [1.165, 1.54) is 12.1 Å². The molecule has 146 valence electrons. The van der Waals surface area contributed by atoms with E-state index in [0.717, 1.165) is 16.7 Å². The van der Waals surface area contributed by atoms with Gasteiger partial charge in [-0.25, -0.2) is 4.79 Å². The average Bonchev–Trinajstić information content (AvgIpc) is 2.74. The Hall–Kier alpha value is -3.93. The van der Waals surface area contributed by atoms with Crippen molar-refractivity contribution >= 4 is 29.6 Å². The highest BCUT2D eigenvalue weighted by atomic mass is 16.6. The van der Waals surface area contributed by atoms with Crippen molar-refractivity contribution in [2.45, 2.75) is 13.0 Å². The van der Waals surface area contributed by atoms with Crippen molar-refractivity contribution in [1.82, 2.24) is 5.32 Å². The lowest BCUT2D eigenvalue weighted by atomic mass is 10.1. The Morgan fingerprint density at radius 1 is 0.931 bits per heavy atom. The number of anilines is 1. The van der Waals surface area contributed by atoms with Gasteiger partial charge in [0.05, 0.1) is 11.0 Å². The number of nitro benzene ring substituents is 1. The summed E-state index contributed by atoms with van der Waals surface area (Å²) >= 11 is 0. The molecule has 3 aromatic rings. The van der Waals surface area contributed by atoms with Crippen LogP contribution < -0.4 is 10.6 Å². The third-order valence-corrected chi connectivity index (χ3v) is 4.42. The van der Waals surface area contributed by atoms with Gasteiger partial charge in [0.2, 0.25) is 0 Å². The maximum atomic E-state index is 12.4. The van der Waals surface area contributed by atoms with E-state index in [0.29, 0.717) is 5.69 Å². The highest BCUT2D eigenvalue weighted by Gasteiger charge is 2.10. The van der Waals surface area contributed by atoms with E-state index in [2.05, 4.69) is 10.6 Å². The number of amides is 2. The van der Waals surface area contributed by atoms with Crippen LogP contribution in [0.3, 0.4) is 0 Å². The molecule has 3 aromatic carbocycles. The summed E-state index contributed by atoms with van der Waals surface area (Å²) in [4.78, 5) is 22.7. The number of hydrogen-bond donors (Lipinski definition) is 2. The summed E-state index contributed by atoms with van der Waals surface area (Å²) < 4.78 is 0. The monoisotopic (exact) mass is 387 g/mol. The largest absolute Gasteiger partial charge is 0.331 e. The third-order valence-electron chi connectivity index (χ3n) is 4.42. The molecule has 3 rings (SSSR count). The van der Waals surface area contributed by atoms with Gasteiger partial charge < -0.3 is 10.6 Å². The second kappa shape index (κ2) is 9.32. The molecule has 0 bridgehead atoms. The molecule has 0 spiro atoms. The molecular formula is C23H21N3O3. The molecular weight excluding hydrogens is 366 g/mol. The quantitative estimate of drug-likeness (QED) is 0.326. The van der Waals surface area contributed by atoms with Gasteiger partial charge in [-0.05, 0) is 41.8 Å². The van der Waals surface area contributed by atoms with Crippen LogP contribution in [0.2, 0.25) is 0 Å². The fourth-order valence-corrected chi connectivity index (χ4v) is 2.83. The Bertz CT molecular complexity index is 1020. The SMILES string of the molecule is CC(NC(=O)Nc1ccccc1C=Cc1ccc([N+](=O)[O-])cc1)c1ccccc1. The van der Waals surface area contributed by atoms with Crippen molar-refractivity contribution in [3.8, 4) is 0 Å². The molecule has 2 amide bonds. The van der Waals surface area contributed by atoms with E-state index in [9.17, 15) is 14.9 Å². The minimum Gasteiger partial charge on any atom is -0.331 e. The Labute approximate surface area is 169 Å². The average molecular weight is 387 g/mol. The first kappa shape index (κ1) is 19.8. The van der Waals surface area contributed by atoms with Crippen molar-refractivity contribution in [2.24, 2.45) is 0 Å². The van der Waals surface area contributed by atoms with E-state index in [1.807, 2.05) is 73.7 Å². The van der Waals surface area contributed by atoms with Crippen LogP contribution in [-0.2, 0) is 0 Å². The maximum Gasteiger partial charge on any atom is 0.319 e. The number of carbonyl (C=O) groups excluding carboxylic acids is 1. The van der Waals surface area contributed by atoms with E-state index < -0.39 is 4.92 Å². The van der Waals surface area contributed by atoms with Crippen molar-refractivity contribution in [3.05, 3.63) is 106 Å². The van der Waals surface area contributed by atoms with Crippen LogP contribution in [0, 0.1) is 10.1 Å². The molecule has 0 heterocycles. The Balaban J connectivity index is 1.68. The first-order valence-corrected chi connectivity index (χ1v) is 9.17. The minimum atomic E-state index is -0.429. The van der Waals surface area contributed by atoms with Gasteiger partial charge in [-0.3, -0.25) is 10.1 Å². The minimum absolute atomic E-state index is 0.0495. The lowest BCUT2D eigenvalue weighted by molar-refractivity contribution is -0.384. The molecule has 0 radical (unpaired) electrons. The van der Waals surface area contributed by atoms with Crippen LogP contribution in [0.15, 0.2) is 78.9 Å². The second-order valence-corrected chi connectivity index (χ2v) is 6.50. The van der Waals surface area contributed by atoms with Gasteiger partial charge in [0, 0.05) is 17.8 Å². The topological polar surface area (TPSA) is 84.3 Å². The fourth-order valence-electron chi connectivity index (χ4n) is 2.83. The van der Waals surface area contributed by atoms with Gasteiger partial charge in [0.15, 0.2) is 0 Å². The number of carbonyl (C=O) groups is 1. The standard InChI is InChI=1S/C23H21N3O3/c1-17(19-7-3-2-4-8-19)24-23(27)25-22-10-6-5-9-20(22)14-11-18-12-15-21(16-13-18)26(28)29/h2-17H,1H3,(H2,24,25,27). The van der Waals surface area contributed by atoms with Gasteiger partial charge in [-0.15, -0.1) is 0 Å². The zero-order valence-electron chi connectivity index (χ0n) is 15.9. The van der Waals surface area contributed by atoms with Gasteiger partial charge in [-0.2, -0.15) is 0 Å². The molecule has 0 aliphatic carbocycles. The van der Waals surface area contributed by atoms with Crippen LogP contribution in [0.5, 0.6) is 0 Å². The Morgan fingerprint density at radius 2 is 1.59 bits per heavy atom. The van der Waals surface area contributed by atoms with Crippen molar-refractivity contribution in [2.75, 3.05) is 5.32 Å². The molecule has 29 heavy (non-hydrogen) atoms. The number of rotatable bonds is 6. The fraction of sp³-hybridized carbons (Fsp3) is 0.0870. The molecule has 0 fully saturated rings. The third kappa shape index (κ3) is 5.52. The number of non-ortho nitro benzene ring substituents is 1. The molecule has 6 nitrogen and oxygen atoms in total. The summed E-state index contributed by atoms with van der Waals surface area (Å²) in [6.45, 7) is 1.93. The van der Waals surface area contributed by atoms with Crippen molar-refractivity contribution in [1.29, 1.82) is 0 Å². The lowest BCUT2D eigenvalue weighted by Gasteiger charge is -2.16. The van der Waals surface area contributed by atoms with Crippen LogP contribution >= 0.6 is 0 Å². The molecule has 1 unspecified atom stereocenters. The van der Waals surface area contributed by atoms with E-state index in [4.69, 9.17) is 0 Å². The maximum absolute atomic E-state index is 12.4. The van der Waals surface area contributed by atoms with Crippen molar-refractivity contribution < 1.29 is 9.72 Å². The number of hydrogen-bond acceptors (Lipinski definition) is 3. The Morgan fingerprint density at radius 3 is 2.28 bits per heavy atom. The van der Waals surface area contributed by atoms with E-state index in [1.54, 1.807) is 12.1 Å². The number of benzene rings is 3. The summed E-state index contributed by atoms with van der Waals surface area (Å²) in [7, 11) is 0. The predicted molar refractivity (Wildman–Crippen MR) is 115 cm³/mol. The number of urea groups is 1. The summed E-state index contributed by atoms with van der Waals surface area (Å²) in [5, 5.41) is 16.6. The summed E-state index contributed by atoms with van der Waals surface area (Å²) in [6.07, 6.45) is 3.70. The zero-order chi connectivity index (χ0) is 20.6. The lowest BCUT2D eigenvalue weighted by Crippen LogP contribution is -2.31. The first-order valence-electron chi connectivity index (χ1n) is 9.17. The molecule has 0 aliphatic rings. The normalized spacial score (nSPS) is 11.8. The van der Waals surface area contributed by atoms with Crippen molar-refractivity contribution in [3.63, 3.8) is 0 Å². The second-order valence-electron chi connectivity index (χ2n) is 6.50. The summed E-state index contributed by atoms with van der Waals surface area (Å²) in [5.74, 6) is 0. The molecule has 0 aromatic heterocycles. The highest BCUT2D eigenvalue weighted by molar-refractivity contribution is 5.92. The van der Waals surface area contributed by atoms with Crippen LogP contribution in [0.4, 0.5) is 16.2 Å². The zero-order valence-corrected chi connectivity index (χ0v) is 15.9. The molecule has 6 heteroatoms. The summed E-state index contributed by atoms with van der Waals surface area (Å²) in [6, 6.07) is 23.0. The number of para-hydroxylation sites is 1. The van der Waals surface area contributed by atoms with E-state index in [-0.39, 0.29) is 17.8 Å². The summed E-state index contributed by atoms with van der Waals surface area (Å²) in [5.41, 5.74) is 3.40. The smallest absolute Gasteiger partial charge is 0.319 e. The van der Waals surface area contributed by atoms with Crippen LogP contribution in [0.25, 0.3) is 12.2 Å². The van der Waals surface area contributed by atoms with Gasteiger partial charge >= 0.3 is 6.03 Å². The van der Waals surface area contributed by atoms with Crippen LogP contribution in [0.1, 0.15) is 29.7 Å². The molecule has 1 atom stereocenters. The number of nitrogens with one attached hydrogen (secondary N) is 2. The highest BCUT2D eigenvalue weighted by Crippen LogP contribution is 2.20. The van der Waals surface area contributed by atoms with Gasteiger partial charge in [0.25, 0.3) is 5.69 Å². The van der Waals surface area contributed by atoms with E-state index >= 15 is 0 Å². The Kier molecular flexibility index (Phi) is 6.37. The molecule has 0 aliphatic heterocycles.